The Hall–Kier alpha value is -0.500. The van der Waals surface area contributed by atoms with Gasteiger partial charge in [-0.2, -0.15) is 0 Å². The maximum Gasteiger partial charge on any atom is 0.0806 e. The number of hydrogen-bond donors (Lipinski definition) is 1. The Kier molecular flexibility index (Phi) is 6.77. The zero-order valence-corrected chi connectivity index (χ0v) is 12.6. The van der Waals surface area contributed by atoms with Crippen molar-refractivity contribution in [3.8, 4) is 0 Å². The molecule has 0 radical (unpaired) electrons. The van der Waals surface area contributed by atoms with Crippen molar-refractivity contribution in [3.63, 3.8) is 0 Å². The normalized spacial score (nSPS) is 19.8. The maximum absolute atomic E-state index is 6.24. The second-order valence-electron chi connectivity index (χ2n) is 6.01. The van der Waals surface area contributed by atoms with Crippen LogP contribution in [-0.4, -0.2) is 16.6 Å². The van der Waals surface area contributed by atoms with Gasteiger partial charge in [0.2, 0.25) is 0 Å². The van der Waals surface area contributed by atoms with Crippen molar-refractivity contribution in [1.82, 2.24) is 4.90 Å². The van der Waals surface area contributed by atoms with E-state index in [4.69, 9.17) is 5.73 Å². The van der Waals surface area contributed by atoms with Gasteiger partial charge in [0.1, 0.15) is 0 Å². The van der Waals surface area contributed by atoms with Crippen molar-refractivity contribution in [2.45, 2.75) is 90.3 Å². The van der Waals surface area contributed by atoms with E-state index in [1.54, 1.807) is 0 Å². The van der Waals surface area contributed by atoms with Crippen LogP contribution in [0.5, 0.6) is 0 Å². The highest BCUT2D eigenvalue weighted by Crippen LogP contribution is 2.32. The summed E-state index contributed by atoms with van der Waals surface area (Å²) < 4.78 is 0. The summed E-state index contributed by atoms with van der Waals surface area (Å²) in [4.78, 5) is 2.43. The van der Waals surface area contributed by atoms with Gasteiger partial charge in [-0.25, -0.2) is 0 Å². The molecule has 1 atom stereocenters. The Morgan fingerprint density at radius 2 is 1.67 bits per heavy atom. The highest BCUT2D eigenvalue weighted by atomic mass is 15.3. The Morgan fingerprint density at radius 1 is 1.11 bits per heavy atom. The van der Waals surface area contributed by atoms with Crippen LogP contribution in [0.3, 0.4) is 0 Å². The van der Waals surface area contributed by atoms with Gasteiger partial charge < -0.3 is 10.6 Å². The fourth-order valence-corrected chi connectivity index (χ4v) is 3.01. The largest absolute Gasteiger partial charge is 0.357 e. The zero-order chi connectivity index (χ0) is 13.4. The quantitative estimate of drug-likeness (QED) is 0.616. The Bertz CT molecular complexity index is 237. The molecule has 0 aromatic carbocycles. The minimum Gasteiger partial charge on any atom is -0.357 e. The van der Waals surface area contributed by atoms with Crippen LogP contribution in [0.1, 0.15) is 78.6 Å². The summed E-state index contributed by atoms with van der Waals surface area (Å²) in [6, 6.07) is 0. The van der Waals surface area contributed by atoms with Crippen LogP contribution in [-0.2, 0) is 0 Å². The summed E-state index contributed by atoms with van der Waals surface area (Å²) in [5.41, 5.74) is 6.51. The first kappa shape index (κ1) is 15.6. The minimum atomic E-state index is 0.207. The first-order chi connectivity index (χ1) is 8.64. The summed E-state index contributed by atoms with van der Waals surface area (Å²) in [5, 5.41) is 0. The van der Waals surface area contributed by atoms with E-state index in [1.165, 1.54) is 51.4 Å². The molecule has 0 saturated heterocycles. The van der Waals surface area contributed by atoms with Gasteiger partial charge in [0.05, 0.1) is 6.17 Å². The van der Waals surface area contributed by atoms with Crippen LogP contribution in [0.4, 0.5) is 0 Å². The van der Waals surface area contributed by atoms with Crippen molar-refractivity contribution < 1.29 is 0 Å². The summed E-state index contributed by atoms with van der Waals surface area (Å²) in [6.07, 6.45) is 16.2. The molecular weight excluding hydrogens is 220 g/mol. The average Bonchev–Trinajstić information content (AvgIpc) is 2.77. The molecule has 0 bridgehead atoms. The first-order valence-corrected chi connectivity index (χ1v) is 7.84. The SMILES string of the molecule is CCCCCC(C)(CCCCC)N1C=CCC1N. The molecule has 0 aromatic heterocycles. The Labute approximate surface area is 114 Å². The number of nitrogens with zero attached hydrogens (tertiary/aromatic N) is 1. The van der Waals surface area contributed by atoms with Crippen molar-refractivity contribution in [2.75, 3.05) is 0 Å². The molecule has 2 heteroatoms. The Balaban J connectivity index is 2.57. The highest BCUT2D eigenvalue weighted by molar-refractivity contribution is 5.03. The fourth-order valence-electron chi connectivity index (χ4n) is 3.01. The molecule has 18 heavy (non-hydrogen) atoms. The molecule has 106 valence electrons. The number of unbranched alkanes of at least 4 members (excludes halogenated alkanes) is 4. The molecule has 1 unspecified atom stereocenters. The van der Waals surface area contributed by atoms with Crippen molar-refractivity contribution in [1.29, 1.82) is 0 Å². The smallest absolute Gasteiger partial charge is 0.0806 e. The third kappa shape index (κ3) is 4.31. The van der Waals surface area contributed by atoms with E-state index in [-0.39, 0.29) is 11.7 Å². The number of hydrogen-bond acceptors (Lipinski definition) is 2. The molecule has 1 aliphatic heterocycles. The van der Waals surface area contributed by atoms with Crippen molar-refractivity contribution in [2.24, 2.45) is 5.73 Å². The molecule has 0 aromatic rings. The van der Waals surface area contributed by atoms with Crippen LogP contribution >= 0.6 is 0 Å². The molecule has 0 fully saturated rings. The van der Waals surface area contributed by atoms with Gasteiger partial charge >= 0.3 is 0 Å². The van der Waals surface area contributed by atoms with Crippen molar-refractivity contribution >= 4 is 0 Å². The first-order valence-electron chi connectivity index (χ1n) is 7.84. The molecule has 0 aliphatic carbocycles. The van der Waals surface area contributed by atoms with Crippen LogP contribution < -0.4 is 5.73 Å². The molecule has 0 saturated carbocycles. The lowest BCUT2D eigenvalue weighted by molar-refractivity contribution is 0.102. The van der Waals surface area contributed by atoms with Gasteiger partial charge in [0.25, 0.3) is 0 Å². The molecule has 0 spiro atoms. The third-order valence-electron chi connectivity index (χ3n) is 4.26. The minimum absolute atomic E-state index is 0.207. The van der Waals surface area contributed by atoms with Crippen LogP contribution in [0.2, 0.25) is 0 Å². The summed E-state index contributed by atoms with van der Waals surface area (Å²) in [7, 11) is 0. The number of nitrogens with two attached hydrogens (primary N) is 1. The van der Waals surface area contributed by atoms with E-state index in [0.717, 1.165) is 6.42 Å². The summed E-state index contributed by atoms with van der Waals surface area (Å²) >= 11 is 0. The third-order valence-corrected chi connectivity index (χ3v) is 4.26. The predicted molar refractivity (Wildman–Crippen MR) is 80.3 cm³/mol. The zero-order valence-electron chi connectivity index (χ0n) is 12.6. The van der Waals surface area contributed by atoms with Crippen LogP contribution in [0.25, 0.3) is 0 Å². The Morgan fingerprint density at radius 3 is 2.06 bits per heavy atom. The molecule has 2 N–H and O–H groups in total. The summed E-state index contributed by atoms with van der Waals surface area (Å²) in [5.74, 6) is 0. The standard InChI is InChI=1S/C16H32N2/c1-4-6-8-12-16(3,13-9-7-5-2)18-14-10-11-15(18)17/h10,14-15H,4-9,11-13,17H2,1-3H3. The van der Waals surface area contributed by atoms with E-state index in [9.17, 15) is 0 Å². The van der Waals surface area contributed by atoms with Crippen LogP contribution in [0.15, 0.2) is 12.3 Å². The lowest BCUT2D eigenvalue weighted by Gasteiger charge is -2.42. The van der Waals surface area contributed by atoms with Gasteiger partial charge in [0, 0.05) is 12.0 Å². The van der Waals surface area contributed by atoms with Crippen molar-refractivity contribution in [3.05, 3.63) is 12.3 Å². The van der Waals surface area contributed by atoms with Gasteiger partial charge in [-0.15, -0.1) is 0 Å². The van der Waals surface area contributed by atoms with Gasteiger partial charge in [-0.1, -0.05) is 58.4 Å². The highest BCUT2D eigenvalue weighted by Gasteiger charge is 2.33. The molecular formula is C16H32N2. The average molecular weight is 252 g/mol. The lowest BCUT2D eigenvalue weighted by Crippen LogP contribution is -2.50. The fraction of sp³-hybridized carbons (Fsp3) is 0.875. The topological polar surface area (TPSA) is 29.3 Å². The second-order valence-corrected chi connectivity index (χ2v) is 6.01. The molecule has 1 rings (SSSR count). The maximum atomic E-state index is 6.24. The van der Waals surface area contributed by atoms with E-state index in [1.807, 2.05) is 0 Å². The predicted octanol–water partition coefficient (Wildman–Crippen LogP) is 4.41. The number of rotatable bonds is 9. The second kappa shape index (κ2) is 7.83. The van der Waals surface area contributed by atoms with E-state index < -0.39 is 0 Å². The molecule has 2 nitrogen and oxygen atoms in total. The van der Waals surface area contributed by atoms with Gasteiger partial charge in [-0.05, 0) is 26.0 Å². The van der Waals surface area contributed by atoms with E-state index in [0.29, 0.717) is 0 Å². The lowest BCUT2D eigenvalue weighted by atomic mass is 9.86. The van der Waals surface area contributed by atoms with Crippen LogP contribution in [0, 0.1) is 0 Å². The monoisotopic (exact) mass is 252 g/mol. The van der Waals surface area contributed by atoms with E-state index >= 15 is 0 Å². The van der Waals surface area contributed by atoms with E-state index in [2.05, 4.69) is 37.9 Å². The summed E-state index contributed by atoms with van der Waals surface area (Å²) in [6.45, 7) is 6.96. The molecule has 0 amide bonds. The van der Waals surface area contributed by atoms with Gasteiger partial charge in [-0.3, -0.25) is 0 Å². The van der Waals surface area contributed by atoms with Gasteiger partial charge in [0.15, 0.2) is 0 Å². The molecule has 1 aliphatic rings. The molecule has 1 heterocycles.